The number of nitrogens with zero attached hydrogens (tertiary/aromatic N) is 6. The largest absolute Gasteiger partial charge is 0.378 e. The maximum Gasteiger partial charge on any atom is 0.261 e. The number of hydrogen-bond acceptors (Lipinski definition) is 7. The number of fused-ring (bicyclic) bond motifs is 2. The van der Waals surface area contributed by atoms with Crippen LogP contribution >= 0.6 is 0 Å². The van der Waals surface area contributed by atoms with Gasteiger partial charge in [-0.2, -0.15) is 0 Å². The van der Waals surface area contributed by atoms with Crippen LogP contribution in [0.25, 0.3) is 11.1 Å². The zero-order valence-corrected chi connectivity index (χ0v) is 38.2. The average Bonchev–Trinajstić information content (AvgIpc) is 3.67. The van der Waals surface area contributed by atoms with Crippen molar-refractivity contribution in [2.75, 3.05) is 70.1 Å². The van der Waals surface area contributed by atoms with Gasteiger partial charge in [-0.15, -0.1) is 0 Å². The summed E-state index contributed by atoms with van der Waals surface area (Å²) in [5.41, 5.74) is 13.8. The van der Waals surface area contributed by atoms with Crippen molar-refractivity contribution in [1.82, 2.24) is 9.80 Å². The van der Waals surface area contributed by atoms with E-state index < -0.39 is 0 Å². The van der Waals surface area contributed by atoms with Crippen LogP contribution in [-0.2, 0) is 0 Å². The van der Waals surface area contributed by atoms with Crippen molar-refractivity contribution < 1.29 is 23.8 Å². The minimum Gasteiger partial charge on any atom is -0.378 e. The number of carbonyl (C=O) groups excluding carboxylic acids is 4. The van der Waals surface area contributed by atoms with Gasteiger partial charge < -0.3 is 14.7 Å². The molecule has 3 aliphatic rings. The highest BCUT2D eigenvalue weighted by molar-refractivity contribution is 6.22. The standard InChI is InChI=1S/C55H53N6O4/c1-9-60(44-30-32-48-50(34-44)54(64)58(7)52(48)62)42-26-18-38(19-27-42)46(36-14-22-40(23-15-36)56(3)4)12-11-13-47(37-16-24-41(25-17-37)57(5)6)39-20-28-43(29-21-39)61(10-2)45-31-33-49-51(35-45)55(65)59(8)53(49)63/h11-35H,9-10H2,1-8H3/q+1. The van der Waals surface area contributed by atoms with Crippen LogP contribution in [0.2, 0.25) is 0 Å². The van der Waals surface area contributed by atoms with Crippen molar-refractivity contribution in [3.8, 4) is 0 Å². The summed E-state index contributed by atoms with van der Waals surface area (Å²) in [6, 6.07) is 36.4. The Morgan fingerprint density at radius 1 is 0.523 bits per heavy atom. The Labute approximate surface area is 381 Å². The predicted octanol–water partition coefficient (Wildman–Crippen LogP) is 9.80. The summed E-state index contributed by atoms with van der Waals surface area (Å²) in [5, 5.41) is 0. The third-order valence-corrected chi connectivity index (χ3v) is 12.3. The van der Waals surface area contributed by atoms with Crippen LogP contribution in [-0.4, -0.2) is 99.1 Å². The van der Waals surface area contributed by atoms with Crippen LogP contribution < -0.4 is 14.7 Å². The molecule has 0 spiro atoms. The molecule has 0 fully saturated rings. The zero-order valence-electron chi connectivity index (χ0n) is 38.2. The third-order valence-electron chi connectivity index (χ3n) is 12.3. The van der Waals surface area contributed by atoms with E-state index in [1.54, 1.807) is 12.1 Å². The molecular formula is C55H53N6O4+. The smallest absolute Gasteiger partial charge is 0.261 e. The normalized spacial score (nSPS) is 14.5. The topological polar surface area (TPSA) is 87.5 Å². The van der Waals surface area contributed by atoms with E-state index >= 15 is 0 Å². The van der Waals surface area contributed by atoms with Crippen LogP contribution in [0.3, 0.4) is 0 Å². The van der Waals surface area contributed by atoms with Gasteiger partial charge in [-0.3, -0.25) is 29.0 Å². The summed E-state index contributed by atoms with van der Waals surface area (Å²) >= 11 is 0. The van der Waals surface area contributed by atoms with Crippen molar-refractivity contribution in [3.63, 3.8) is 0 Å². The van der Waals surface area contributed by atoms with E-state index in [1.165, 1.54) is 14.1 Å². The molecule has 2 heterocycles. The van der Waals surface area contributed by atoms with Gasteiger partial charge in [-0.1, -0.05) is 54.6 Å². The van der Waals surface area contributed by atoms with E-state index in [4.69, 9.17) is 0 Å². The minimum absolute atomic E-state index is 0.277. The molecule has 10 heteroatoms. The van der Waals surface area contributed by atoms with E-state index in [0.717, 1.165) is 77.4 Å². The number of anilines is 5. The summed E-state index contributed by atoms with van der Waals surface area (Å²) < 4.78 is 2.09. The van der Waals surface area contributed by atoms with Gasteiger partial charge in [0, 0.05) is 81.9 Å². The lowest BCUT2D eigenvalue weighted by molar-refractivity contribution is -0.462. The molecule has 0 bridgehead atoms. The minimum atomic E-state index is -0.286. The van der Waals surface area contributed by atoms with Gasteiger partial charge in [0.25, 0.3) is 23.6 Å². The molecule has 0 saturated carbocycles. The molecule has 0 saturated heterocycles. The molecule has 0 aromatic heterocycles. The van der Waals surface area contributed by atoms with E-state index in [2.05, 4.69) is 148 Å². The van der Waals surface area contributed by atoms with Gasteiger partial charge in [-0.25, -0.2) is 4.58 Å². The Bertz CT molecular complexity index is 2910. The average molecular weight is 862 g/mol. The van der Waals surface area contributed by atoms with Gasteiger partial charge in [0.15, 0.2) is 5.71 Å². The van der Waals surface area contributed by atoms with Gasteiger partial charge in [0.1, 0.15) is 14.1 Å². The van der Waals surface area contributed by atoms with Crippen molar-refractivity contribution in [2.24, 2.45) is 0 Å². The van der Waals surface area contributed by atoms with Crippen LogP contribution in [0.1, 0.15) is 72.0 Å². The van der Waals surface area contributed by atoms with E-state index in [-0.39, 0.29) is 23.6 Å². The Morgan fingerprint density at radius 3 is 1.34 bits per heavy atom. The highest BCUT2D eigenvalue weighted by atomic mass is 16.2. The van der Waals surface area contributed by atoms with Gasteiger partial charge in [0.2, 0.25) is 0 Å². The third kappa shape index (κ3) is 8.38. The first kappa shape index (κ1) is 43.8. The quantitative estimate of drug-likeness (QED) is 0.0702. The Morgan fingerprint density at radius 2 is 0.923 bits per heavy atom. The van der Waals surface area contributed by atoms with Crippen molar-refractivity contribution >= 4 is 68.9 Å². The number of amides is 4. The molecule has 4 amide bonds. The number of allylic oxidation sites excluding steroid dienone is 9. The number of rotatable bonds is 12. The van der Waals surface area contributed by atoms with Crippen molar-refractivity contribution in [2.45, 2.75) is 13.8 Å². The molecule has 0 radical (unpaired) electrons. The molecule has 5 aromatic rings. The molecule has 0 N–H and O–H groups in total. The zero-order chi connectivity index (χ0) is 46.1. The predicted molar refractivity (Wildman–Crippen MR) is 263 cm³/mol. The summed E-state index contributed by atoms with van der Waals surface area (Å²) in [6.07, 6.45) is 15.0. The highest BCUT2D eigenvalue weighted by Gasteiger charge is 2.34. The first-order chi connectivity index (χ1) is 31.3. The lowest BCUT2D eigenvalue weighted by atomic mass is 9.94. The number of carbonyl (C=O) groups is 4. The van der Waals surface area contributed by atoms with Crippen LogP contribution in [0, 0.1) is 0 Å². The van der Waals surface area contributed by atoms with Gasteiger partial charge in [-0.05, 0) is 132 Å². The van der Waals surface area contributed by atoms with E-state index in [1.807, 2.05) is 52.5 Å². The maximum absolute atomic E-state index is 12.8. The fraction of sp³-hybridized carbons (Fsp3) is 0.182. The second kappa shape index (κ2) is 18.1. The van der Waals surface area contributed by atoms with Crippen molar-refractivity contribution in [3.05, 3.63) is 196 Å². The lowest BCUT2D eigenvalue weighted by Crippen LogP contribution is -2.24. The van der Waals surface area contributed by atoms with Crippen molar-refractivity contribution in [1.29, 1.82) is 0 Å². The molecule has 326 valence electrons. The van der Waals surface area contributed by atoms with Gasteiger partial charge in [0.05, 0.1) is 22.3 Å². The van der Waals surface area contributed by atoms with Gasteiger partial charge >= 0.3 is 0 Å². The molecule has 5 aromatic carbocycles. The number of hydrogen-bond donors (Lipinski definition) is 0. The summed E-state index contributed by atoms with van der Waals surface area (Å²) in [7, 11) is 11.2. The molecule has 10 nitrogen and oxygen atoms in total. The number of imide groups is 2. The van der Waals surface area contributed by atoms with E-state index in [9.17, 15) is 19.2 Å². The Kier molecular flexibility index (Phi) is 12.2. The number of benzene rings is 5. The summed E-state index contributed by atoms with van der Waals surface area (Å²) in [4.78, 5) is 59.5. The molecule has 2 aliphatic heterocycles. The first-order valence-electron chi connectivity index (χ1n) is 21.8. The summed E-state index contributed by atoms with van der Waals surface area (Å²) in [6.45, 7) is 5.46. The first-order valence-corrected chi connectivity index (χ1v) is 21.8. The molecule has 0 atom stereocenters. The monoisotopic (exact) mass is 861 g/mol. The molecule has 65 heavy (non-hydrogen) atoms. The molecule has 0 unspecified atom stereocenters. The maximum atomic E-state index is 12.8. The summed E-state index contributed by atoms with van der Waals surface area (Å²) in [5.74, 6) is -1.13. The SMILES string of the molecule is CCN(c1ccc(C(/C=C/C=C(\c2ccc(N(C)C)cc2)c2ccc(N(CC)c3ccc4c(c3)C(=O)N(C)C4=O)cc2)=C2C=CC(=[N+](C)C)C=C2)cc1)c1ccc2c(c1)C(=O)N(C)C2=O. The fourth-order valence-corrected chi connectivity index (χ4v) is 8.54. The lowest BCUT2D eigenvalue weighted by Gasteiger charge is -2.24. The highest BCUT2D eigenvalue weighted by Crippen LogP contribution is 2.35. The Hall–Kier alpha value is -7.85. The Balaban J connectivity index is 1.14. The second-order valence-corrected chi connectivity index (χ2v) is 16.6. The van der Waals surface area contributed by atoms with Crippen LogP contribution in [0.15, 0.2) is 157 Å². The van der Waals surface area contributed by atoms with Crippen LogP contribution in [0.4, 0.5) is 28.4 Å². The van der Waals surface area contributed by atoms with Crippen LogP contribution in [0.5, 0.6) is 0 Å². The molecular weight excluding hydrogens is 809 g/mol. The van der Waals surface area contributed by atoms with E-state index in [0.29, 0.717) is 35.3 Å². The molecule has 1 aliphatic carbocycles. The fourth-order valence-electron chi connectivity index (χ4n) is 8.54. The second-order valence-electron chi connectivity index (χ2n) is 16.6. The molecule has 8 rings (SSSR count).